The Morgan fingerprint density at radius 3 is 2.43 bits per heavy atom. The number of carbonyl (C=O) groups excluding carboxylic acids is 1. The van der Waals surface area contributed by atoms with Crippen LogP contribution in [0, 0.1) is 0 Å². The van der Waals surface area contributed by atoms with E-state index in [2.05, 4.69) is 15.3 Å². The molecule has 28 heavy (non-hydrogen) atoms. The molecule has 3 rings (SSSR count). The van der Waals surface area contributed by atoms with E-state index in [1.54, 1.807) is 37.6 Å². The fraction of sp³-hybridized carbons (Fsp3) is 0.150. The Morgan fingerprint density at radius 2 is 1.75 bits per heavy atom. The number of hydrogen-bond donors (Lipinski definition) is 1. The van der Waals surface area contributed by atoms with Crippen LogP contribution in [0.5, 0.6) is 5.75 Å². The number of sulfone groups is 1. The number of benzene rings is 1. The SMILES string of the molecule is CCS(=O)(=O)c1ccc(C(=O)Nc2ncccc2OCc2ccncc2)cc1. The maximum Gasteiger partial charge on any atom is 0.256 e. The van der Waals surface area contributed by atoms with Crippen molar-refractivity contribution in [2.75, 3.05) is 11.1 Å². The van der Waals surface area contributed by atoms with Gasteiger partial charge in [0.05, 0.1) is 10.6 Å². The number of amides is 1. The van der Waals surface area contributed by atoms with Gasteiger partial charge in [0.15, 0.2) is 21.4 Å². The molecule has 1 amide bonds. The molecule has 0 aliphatic rings. The quantitative estimate of drug-likeness (QED) is 0.658. The van der Waals surface area contributed by atoms with Crippen LogP contribution in [0.2, 0.25) is 0 Å². The molecule has 1 aromatic carbocycles. The van der Waals surface area contributed by atoms with Gasteiger partial charge >= 0.3 is 0 Å². The van der Waals surface area contributed by atoms with Crippen LogP contribution in [0.1, 0.15) is 22.8 Å². The number of rotatable bonds is 7. The molecule has 0 atom stereocenters. The highest BCUT2D eigenvalue weighted by Gasteiger charge is 2.14. The van der Waals surface area contributed by atoms with Crippen LogP contribution in [-0.4, -0.2) is 30.0 Å². The summed E-state index contributed by atoms with van der Waals surface area (Å²) >= 11 is 0. The third kappa shape index (κ3) is 4.72. The Labute approximate surface area is 163 Å². The summed E-state index contributed by atoms with van der Waals surface area (Å²) in [5.74, 6) is 0.308. The molecule has 0 saturated heterocycles. The Balaban J connectivity index is 1.72. The molecule has 0 aliphatic heterocycles. The van der Waals surface area contributed by atoms with Crippen molar-refractivity contribution in [1.82, 2.24) is 9.97 Å². The summed E-state index contributed by atoms with van der Waals surface area (Å²) in [5.41, 5.74) is 1.25. The van der Waals surface area contributed by atoms with E-state index in [-0.39, 0.29) is 16.5 Å². The molecule has 0 radical (unpaired) electrons. The zero-order valence-electron chi connectivity index (χ0n) is 15.2. The molecule has 2 aromatic heterocycles. The summed E-state index contributed by atoms with van der Waals surface area (Å²) in [7, 11) is -3.31. The van der Waals surface area contributed by atoms with E-state index < -0.39 is 15.7 Å². The molecular formula is C20H19N3O4S. The predicted octanol–water partition coefficient (Wildman–Crippen LogP) is 3.10. The number of nitrogens with one attached hydrogen (secondary N) is 1. The van der Waals surface area contributed by atoms with Gasteiger partial charge in [0, 0.05) is 24.2 Å². The lowest BCUT2D eigenvalue weighted by Gasteiger charge is -2.11. The number of carbonyl (C=O) groups is 1. The first kappa shape index (κ1) is 19.5. The molecule has 0 saturated carbocycles. The van der Waals surface area contributed by atoms with Crippen molar-refractivity contribution in [3.05, 3.63) is 78.2 Å². The average molecular weight is 397 g/mol. The van der Waals surface area contributed by atoms with E-state index in [1.807, 2.05) is 12.1 Å². The second-order valence-electron chi connectivity index (χ2n) is 5.88. The summed E-state index contributed by atoms with van der Waals surface area (Å²) < 4.78 is 29.5. The molecule has 144 valence electrons. The zero-order valence-corrected chi connectivity index (χ0v) is 16.0. The first-order chi connectivity index (χ1) is 13.5. The maximum atomic E-state index is 12.5. The fourth-order valence-electron chi connectivity index (χ4n) is 2.40. The second kappa shape index (κ2) is 8.62. The predicted molar refractivity (Wildman–Crippen MR) is 105 cm³/mol. The van der Waals surface area contributed by atoms with E-state index in [1.165, 1.54) is 24.3 Å². The van der Waals surface area contributed by atoms with Gasteiger partial charge in [0.25, 0.3) is 5.91 Å². The molecule has 1 N–H and O–H groups in total. The highest BCUT2D eigenvalue weighted by Crippen LogP contribution is 2.23. The lowest BCUT2D eigenvalue weighted by molar-refractivity contribution is 0.102. The summed E-state index contributed by atoms with van der Waals surface area (Å²) in [6.07, 6.45) is 4.89. The largest absolute Gasteiger partial charge is 0.485 e. The number of nitrogens with zero attached hydrogens (tertiary/aromatic N) is 2. The highest BCUT2D eigenvalue weighted by atomic mass is 32.2. The fourth-order valence-corrected chi connectivity index (χ4v) is 3.29. The third-order valence-electron chi connectivity index (χ3n) is 4.00. The smallest absolute Gasteiger partial charge is 0.256 e. The van der Waals surface area contributed by atoms with Crippen molar-refractivity contribution in [1.29, 1.82) is 0 Å². The number of pyridine rings is 2. The summed E-state index contributed by atoms with van der Waals surface area (Å²) in [6, 6.07) is 12.9. The third-order valence-corrected chi connectivity index (χ3v) is 5.75. The van der Waals surface area contributed by atoms with Crippen LogP contribution in [-0.2, 0) is 16.4 Å². The van der Waals surface area contributed by atoms with Crippen LogP contribution < -0.4 is 10.1 Å². The molecule has 2 heterocycles. The van der Waals surface area contributed by atoms with Crippen molar-refractivity contribution in [2.45, 2.75) is 18.4 Å². The van der Waals surface area contributed by atoms with E-state index in [0.717, 1.165) is 5.56 Å². The molecule has 0 unspecified atom stereocenters. The Morgan fingerprint density at radius 1 is 1.04 bits per heavy atom. The number of hydrogen-bond acceptors (Lipinski definition) is 6. The van der Waals surface area contributed by atoms with Crippen LogP contribution in [0.25, 0.3) is 0 Å². The van der Waals surface area contributed by atoms with Gasteiger partial charge in [0.2, 0.25) is 0 Å². The van der Waals surface area contributed by atoms with Crippen LogP contribution in [0.15, 0.2) is 72.0 Å². The van der Waals surface area contributed by atoms with E-state index in [9.17, 15) is 13.2 Å². The molecule has 3 aromatic rings. The lowest BCUT2D eigenvalue weighted by Crippen LogP contribution is -2.14. The minimum absolute atomic E-state index is 0.00462. The van der Waals surface area contributed by atoms with Crippen molar-refractivity contribution >= 4 is 21.6 Å². The number of aromatic nitrogens is 2. The van der Waals surface area contributed by atoms with Crippen LogP contribution in [0.4, 0.5) is 5.82 Å². The summed E-state index contributed by atoms with van der Waals surface area (Å²) in [6.45, 7) is 1.88. The molecule has 0 spiro atoms. The van der Waals surface area contributed by atoms with Crippen molar-refractivity contribution in [2.24, 2.45) is 0 Å². The minimum atomic E-state index is -3.31. The molecule has 0 bridgehead atoms. The van der Waals surface area contributed by atoms with Gasteiger partial charge in [-0.25, -0.2) is 13.4 Å². The van der Waals surface area contributed by atoms with Gasteiger partial charge in [-0.3, -0.25) is 9.78 Å². The van der Waals surface area contributed by atoms with E-state index >= 15 is 0 Å². The molecule has 0 fully saturated rings. The Kier molecular flexibility index (Phi) is 6.00. The molecule has 8 heteroatoms. The van der Waals surface area contributed by atoms with Gasteiger partial charge in [-0.05, 0) is 54.1 Å². The standard InChI is InChI=1S/C20H19N3O4S/c1-2-28(25,26)17-7-5-16(6-8-17)20(24)23-19-18(4-3-11-22-19)27-14-15-9-12-21-13-10-15/h3-13H,2,14H2,1H3,(H,22,23,24). The Bertz CT molecular complexity index is 1050. The van der Waals surface area contributed by atoms with Gasteiger partial charge in [-0.15, -0.1) is 0 Å². The summed E-state index contributed by atoms with van der Waals surface area (Å²) in [4.78, 5) is 20.8. The van der Waals surface area contributed by atoms with Gasteiger partial charge in [-0.2, -0.15) is 0 Å². The molecule has 0 aliphatic carbocycles. The van der Waals surface area contributed by atoms with Crippen LogP contribution >= 0.6 is 0 Å². The topological polar surface area (TPSA) is 98.2 Å². The molecule has 7 nitrogen and oxygen atoms in total. The monoisotopic (exact) mass is 397 g/mol. The normalized spacial score (nSPS) is 11.0. The minimum Gasteiger partial charge on any atom is -0.485 e. The van der Waals surface area contributed by atoms with Crippen molar-refractivity contribution in [3.8, 4) is 5.75 Å². The summed E-state index contributed by atoms with van der Waals surface area (Å²) in [5, 5.41) is 2.70. The first-order valence-electron chi connectivity index (χ1n) is 8.60. The first-order valence-corrected chi connectivity index (χ1v) is 10.3. The van der Waals surface area contributed by atoms with Crippen molar-refractivity contribution in [3.63, 3.8) is 0 Å². The molecular weight excluding hydrogens is 378 g/mol. The number of ether oxygens (including phenoxy) is 1. The van der Waals surface area contributed by atoms with Gasteiger partial charge < -0.3 is 10.1 Å². The van der Waals surface area contributed by atoms with E-state index in [4.69, 9.17) is 4.74 Å². The van der Waals surface area contributed by atoms with Crippen molar-refractivity contribution < 1.29 is 17.9 Å². The highest BCUT2D eigenvalue weighted by molar-refractivity contribution is 7.91. The zero-order chi connectivity index (χ0) is 20.0. The van der Waals surface area contributed by atoms with Gasteiger partial charge in [-0.1, -0.05) is 6.92 Å². The Hall–Kier alpha value is -3.26. The average Bonchev–Trinajstić information content (AvgIpc) is 2.74. The van der Waals surface area contributed by atoms with E-state index in [0.29, 0.717) is 17.9 Å². The second-order valence-corrected chi connectivity index (χ2v) is 8.15. The number of anilines is 1. The van der Waals surface area contributed by atoms with Crippen LogP contribution in [0.3, 0.4) is 0 Å². The lowest BCUT2D eigenvalue weighted by atomic mass is 10.2. The van der Waals surface area contributed by atoms with Gasteiger partial charge in [0.1, 0.15) is 6.61 Å². The maximum absolute atomic E-state index is 12.5.